The first-order valence-electron chi connectivity index (χ1n) is 7.21. The van der Waals surface area contributed by atoms with E-state index in [1.54, 1.807) is 24.3 Å². The molecule has 0 aliphatic rings. The fraction of sp³-hybridized carbons (Fsp3) is 0.105. The molecule has 4 nitrogen and oxygen atoms in total. The fourth-order valence-electron chi connectivity index (χ4n) is 2.14. The first-order chi connectivity index (χ1) is 11.2. The molecule has 0 N–H and O–H groups in total. The number of ether oxygens (including phenoxy) is 2. The first-order valence-corrected chi connectivity index (χ1v) is 7.21. The summed E-state index contributed by atoms with van der Waals surface area (Å²) in [5.41, 5.74) is 1.35. The van der Waals surface area contributed by atoms with Crippen LogP contribution in [-0.4, -0.2) is 6.61 Å². The van der Waals surface area contributed by atoms with Crippen LogP contribution in [0.1, 0.15) is 5.56 Å². The van der Waals surface area contributed by atoms with Crippen molar-refractivity contribution in [1.82, 2.24) is 0 Å². The number of hydrogen-bond acceptors (Lipinski definition) is 4. The van der Waals surface area contributed by atoms with Gasteiger partial charge in [0, 0.05) is 6.07 Å². The zero-order valence-corrected chi connectivity index (χ0v) is 12.7. The molecular formula is C19H16O4. The topological polar surface area (TPSA) is 48.7 Å². The zero-order chi connectivity index (χ0) is 16.2. The highest BCUT2D eigenvalue weighted by atomic mass is 16.5. The monoisotopic (exact) mass is 308 g/mol. The van der Waals surface area contributed by atoms with E-state index < -0.39 is 0 Å². The van der Waals surface area contributed by atoms with Gasteiger partial charge in [0.15, 0.2) is 0 Å². The molecule has 0 saturated carbocycles. The standard InChI is InChI=1S/C19H16O4/c1-3-10-21-15-8-9-16-17(11-15)22-12-18(19(16)20)23-14-6-4-13(2)5-7-14/h3-9,11-12H,1,10H2,2H3. The molecular weight excluding hydrogens is 292 g/mol. The maximum atomic E-state index is 12.5. The molecule has 3 rings (SSSR count). The Morgan fingerprint density at radius 3 is 2.61 bits per heavy atom. The van der Waals surface area contributed by atoms with Gasteiger partial charge >= 0.3 is 0 Å². The van der Waals surface area contributed by atoms with Crippen molar-refractivity contribution in [3.8, 4) is 17.2 Å². The van der Waals surface area contributed by atoms with Gasteiger partial charge in [0.1, 0.15) is 30.0 Å². The van der Waals surface area contributed by atoms with Gasteiger partial charge in [-0.05, 0) is 31.2 Å². The average Bonchev–Trinajstić information content (AvgIpc) is 2.57. The summed E-state index contributed by atoms with van der Waals surface area (Å²) in [7, 11) is 0. The summed E-state index contributed by atoms with van der Waals surface area (Å²) in [5, 5.41) is 0.445. The molecule has 0 radical (unpaired) electrons. The second-order valence-electron chi connectivity index (χ2n) is 5.10. The smallest absolute Gasteiger partial charge is 0.235 e. The molecule has 0 bridgehead atoms. The Kier molecular flexibility index (Phi) is 4.15. The van der Waals surface area contributed by atoms with Crippen molar-refractivity contribution >= 4 is 11.0 Å². The van der Waals surface area contributed by atoms with Crippen LogP contribution < -0.4 is 14.9 Å². The van der Waals surface area contributed by atoms with Crippen LogP contribution >= 0.6 is 0 Å². The lowest BCUT2D eigenvalue weighted by Gasteiger charge is -2.07. The second kappa shape index (κ2) is 6.40. The number of fused-ring (bicyclic) bond motifs is 1. The van der Waals surface area contributed by atoms with Crippen LogP contribution in [0, 0.1) is 6.92 Å². The van der Waals surface area contributed by atoms with Crippen molar-refractivity contribution < 1.29 is 13.9 Å². The SMILES string of the molecule is C=CCOc1ccc2c(=O)c(Oc3ccc(C)cc3)coc2c1. The van der Waals surface area contributed by atoms with Crippen LogP contribution in [0.2, 0.25) is 0 Å². The van der Waals surface area contributed by atoms with Gasteiger partial charge in [-0.2, -0.15) is 0 Å². The highest BCUT2D eigenvalue weighted by Gasteiger charge is 2.10. The average molecular weight is 308 g/mol. The highest BCUT2D eigenvalue weighted by Crippen LogP contribution is 2.24. The number of hydrogen-bond donors (Lipinski definition) is 0. The van der Waals surface area contributed by atoms with E-state index in [4.69, 9.17) is 13.9 Å². The molecule has 0 fully saturated rings. The number of rotatable bonds is 5. The highest BCUT2D eigenvalue weighted by molar-refractivity contribution is 5.79. The van der Waals surface area contributed by atoms with E-state index >= 15 is 0 Å². The van der Waals surface area contributed by atoms with E-state index in [9.17, 15) is 4.79 Å². The molecule has 116 valence electrons. The molecule has 0 aliphatic heterocycles. The summed E-state index contributed by atoms with van der Waals surface area (Å²) in [5.74, 6) is 1.36. The molecule has 0 spiro atoms. The van der Waals surface area contributed by atoms with Crippen LogP contribution in [0.25, 0.3) is 11.0 Å². The van der Waals surface area contributed by atoms with Crippen molar-refractivity contribution in [3.63, 3.8) is 0 Å². The molecule has 3 aromatic rings. The second-order valence-corrected chi connectivity index (χ2v) is 5.10. The van der Waals surface area contributed by atoms with Crippen molar-refractivity contribution in [1.29, 1.82) is 0 Å². The summed E-state index contributed by atoms with van der Waals surface area (Å²) < 4.78 is 16.6. The molecule has 0 aliphatic carbocycles. The van der Waals surface area contributed by atoms with Gasteiger partial charge < -0.3 is 13.9 Å². The van der Waals surface area contributed by atoms with Crippen LogP contribution in [0.4, 0.5) is 0 Å². The van der Waals surface area contributed by atoms with Crippen LogP contribution in [-0.2, 0) is 0 Å². The van der Waals surface area contributed by atoms with Gasteiger partial charge in [0.2, 0.25) is 11.2 Å². The Hall–Kier alpha value is -3.01. The summed E-state index contributed by atoms with van der Waals surface area (Å²) in [6, 6.07) is 12.5. The third kappa shape index (κ3) is 3.26. The van der Waals surface area contributed by atoms with Crippen molar-refractivity contribution in [2.75, 3.05) is 6.61 Å². The third-order valence-electron chi connectivity index (χ3n) is 3.33. The Labute approximate surface area is 133 Å². The molecule has 1 aromatic heterocycles. The van der Waals surface area contributed by atoms with Crippen LogP contribution in [0.5, 0.6) is 17.2 Å². The Morgan fingerprint density at radius 2 is 1.87 bits per heavy atom. The van der Waals surface area contributed by atoms with Crippen LogP contribution in [0.15, 0.2) is 70.6 Å². The van der Waals surface area contributed by atoms with Gasteiger partial charge in [-0.15, -0.1) is 0 Å². The summed E-state index contributed by atoms with van der Waals surface area (Å²) in [6.07, 6.45) is 2.97. The minimum atomic E-state index is -0.220. The van der Waals surface area contributed by atoms with E-state index in [-0.39, 0.29) is 11.2 Å². The van der Waals surface area contributed by atoms with Gasteiger partial charge in [-0.25, -0.2) is 0 Å². The van der Waals surface area contributed by atoms with Crippen molar-refractivity contribution in [2.24, 2.45) is 0 Å². The lowest BCUT2D eigenvalue weighted by Crippen LogP contribution is -2.05. The van der Waals surface area contributed by atoms with Crippen LogP contribution in [0.3, 0.4) is 0 Å². The molecule has 0 amide bonds. The summed E-state index contributed by atoms with van der Waals surface area (Å²) in [4.78, 5) is 12.5. The lowest BCUT2D eigenvalue weighted by molar-refractivity contribution is 0.363. The molecule has 0 atom stereocenters. The Balaban J connectivity index is 1.93. The molecule has 0 unspecified atom stereocenters. The maximum absolute atomic E-state index is 12.5. The van der Waals surface area contributed by atoms with E-state index in [0.29, 0.717) is 29.1 Å². The summed E-state index contributed by atoms with van der Waals surface area (Å²) in [6.45, 7) is 5.97. The van der Waals surface area contributed by atoms with Gasteiger partial charge in [0.25, 0.3) is 0 Å². The maximum Gasteiger partial charge on any atom is 0.235 e. The molecule has 0 saturated heterocycles. The largest absolute Gasteiger partial charge is 0.489 e. The molecule has 1 heterocycles. The molecule has 4 heteroatoms. The molecule has 2 aromatic carbocycles. The van der Waals surface area contributed by atoms with Gasteiger partial charge in [0.05, 0.1) is 5.39 Å². The Bertz CT molecular complexity index is 891. The van der Waals surface area contributed by atoms with E-state index in [1.165, 1.54) is 6.26 Å². The first kappa shape index (κ1) is 14.9. The van der Waals surface area contributed by atoms with Gasteiger partial charge in [-0.3, -0.25) is 4.79 Å². The minimum Gasteiger partial charge on any atom is -0.489 e. The zero-order valence-electron chi connectivity index (χ0n) is 12.7. The number of aryl methyl sites for hydroxylation is 1. The third-order valence-corrected chi connectivity index (χ3v) is 3.33. The van der Waals surface area contributed by atoms with Crippen molar-refractivity contribution in [3.05, 3.63) is 77.2 Å². The quantitative estimate of drug-likeness (QED) is 0.653. The predicted octanol–water partition coefficient (Wildman–Crippen LogP) is 4.46. The molecule has 23 heavy (non-hydrogen) atoms. The normalized spacial score (nSPS) is 10.5. The van der Waals surface area contributed by atoms with E-state index in [0.717, 1.165) is 5.56 Å². The summed E-state index contributed by atoms with van der Waals surface area (Å²) >= 11 is 0. The predicted molar refractivity (Wildman–Crippen MR) is 89.4 cm³/mol. The van der Waals surface area contributed by atoms with Gasteiger partial charge in [-0.1, -0.05) is 30.4 Å². The fourth-order valence-corrected chi connectivity index (χ4v) is 2.14. The Morgan fingerprint density at radius 1 is 1.13 bits per heavy atom. The van der Waals surface area contributed by atoms with E-state index in [1.807, 2.05) is 31.2 Å². The lowest BCUT2D eigenvalue weighted by atomic mass is 10.2. The minimum absolute atomic E-state index is 0.154. The van der Waals surface area contributed by atoms with Crippen molar-refractivity contribution in [2.45, 2.75) is 6.92 Å². The van der Waals surface area contributed by atoms with E-state index in [2.05, 4.69) is 6.58 Å². The number of benzene rings is 2.